The van der Waals surface area contributed by atoms with Crippen LogP contribution in [-0.4, -0.2) is 23.7 Å². The van der Waals surface area contributed by atoms with E-state index in [0.29, 0.717) is 0 Å². The van der Waals surface area contributed by atoms with Crippen LogP contribution < -0.4 is 5.32 Å². The molecule has 0 atom stereocenters. The number of hydrogen-bond donors (Lipinski definition) is 2. The molecule has 1 rings (SSSR count). The van der Waals surface area contributed by atoms with Crippen LogP contribution in [-0.2, 0) is 12.8 Å². The fourth-order valence-electron chi connectivity index (χ4n) is 1.59. The number of aliphatic hydroxyl groups excluding tert-OH is 1. The number of nitrogens with one attached hydrogen (secondary N) is 1. The van der Waals surface area contributed by atoms with Crippen molar-refractivity contribution in [1.82, 2.24) is 4.98 Å². The van der Waals surface area contributed by atoms with Crippen LogP contribution in [0.3, 0.4) is 0 Å². The first-order valence-electron chi connectivity index (χ1n) is 5.59. The second kappa shape index (κ2) is 6.40. The number of anilines is 1. The maximum Gasteiger partial charge on any atom is 0.129 e. The van der Waals surface area contributed by atoms with Crippen LogP contribution in [0.5, 0.6) is 0 Å². The van der Waals surface area contributed by atoms with Gasteiger partial charge in [-0.2, -0.15) is 0 Å². The van der Waals surface area contributed by atoms with Crippen molar-refractivity contribution < 1.29 is 5.11 Å². The van der Waals surface area contributed by atoms with Crippen LogP contribution in [0.25, 0.3) is 0 Å². The van der Waals surface area contributed by atoms with Gasteiger partial charge in [0.25, 0.3) is 0 Å². The van der Waals surface area contributed by atoms with Gasteiger partial charge in [0.05, 0.1) is 0 Å². The molecule has 1 aromatic heterocycles. The van der Waals surface area contributed by atoms with Gasteiger partial charge >= 0.3 is 0 Å². The lowest BCUT2D eigenvalue weighted by atomic mass is 10.1. The average Bonchev–Trinajstić information content (AvgIpc) is 2.29. The van der Waals surface area contributed by atoms with Crippen LogP contribution in [0.4, 0.5) is 5.82 Å². The van der Waals surface area contributed by atoms with E-state index in [0.717, 1.165) is 37.2 Å². The Morgan fingerprint density at radius 3 is 2.73 bits per heavy atom. The standard InChI is InChI=1S/C12H20N2O/c1-3-10-7-8-11(6-4-5-9-15)14-12(10)13-2/h7-8,15H,3-6,9H2,1-2H3,(H,13,14). The fraction of sp³-hybridized carbons (Fsp3) is 0.583. The van der Waals surface area contributed by atoms with Crippen LogP contribution in [0.1, 0.15) is 31.0 Å². The molecule has 1 aromatic rings. The molecule has 1 heterocycles. The van der Waals surface area contributed by atoms with Crippen LogP contribution in [0.15, 0.2) is 12.1 Å². The molecule has 0 unspecified atom stereocenters. The zero-order valence-electron chi connectivity index (χ0n) is 9.58. The summed E-state index contributed by atoms with van der Waals surface area (Å²) in [7, 11) is 1.90. The molecule has 0 spiro atoms. The molecule has 3 heteroatoms. The van der Waals surface area contributed by atoms with Crippen molar-refractivity contribution >= 4 is 5.82 Å². The summed E-state index contributed by atoms with van der Waals surface area (Å²) in [5.41, 5.74) is 2.36. The van der Waals surface area contributed by atoms with E-state index in [-0.39, 0.29) is 6.61 Å². The number of aryl methyl sites for hydroxylation is 2. The Labute approximate surface area is 91.5 Å². The number of aliphatic hydroxyl groups is 1. The quantitative estimate of drug-likeness (QED) is 0.703. The predicted octanol–water partition coefficient (Wildman–Crippen LogP) is 2.00. The van der Waals surface area contributed by atoms with Crippen molar-refractivity contribution in [3.05, 3.63) is 23.4 Å². The number of nitrogens with zero attached hydrogens (tertiary/aromatic N) is 1. The first-order chi connectivity index (χ1) is 7.31. The number of aromatic nitrogens is 1. The molecule has 15 heavy (non-hydrogen) atoms. The lowest BCUT2D eigenvalue weighted by Gasteiger charge is -2.08. The molecule has 0 bridgehead atoms. The molecule has 0 saturated carbocycles. The van der Waals surface area contributed by atoms with E-state index in [9.17, 15) is 0 Å². The van der Waals surface area contributed by atoms with Crippen molar-refractivity contribution in [3.8, 4) is 0 Å². The molecule has 3 nitrogen and oxygen atoms in total. The molecule has 0 fully saturated rings. The van der Waals surface area contributed by atoms with Gasteiger partial charge in [-0.05, 0) is 37.3 Å². The van der Waals surface area contributed by atoms with Gasteiger partial charge in [0.15, 0.2) is 0 Å². The normalized spacial score (nSPS) is 10.3. The van der Waals surface area contributed by atoms with Gasteiger partial charge in [0, 0.05) is 19.3 Å². The smallest absolute Gasteiger partial charge is 0.129 e. The maximum atomic E-state index is 8.69. The summed E-state index contributed by atoms with van der Waals surface area (Å²) in [5.74, 6) is 0.985. The average molecular weight is 208 g/mol. The largest absolute Gasteiger partial charge is 0.396 e. The van der Waals surface area contributed by atoms with Crippen molar-refractivity contribution in [2.24, 2.45) is 0 Å². The molecule has 0 saturated heterocycles. The van der Waals surface area contributed by atoms with Gasteiger partial charge in [-0.3, -0.25) is 0 Å². The second-order valence-corrected chi connectivity index (χ2v) is 3.59. The Morgan fingerprint density at radius 1 is 1.33 bits per heavy atom. The Balaban J connectivity index is 2.66. The maximum absolute atomic E-state index is 8.69. The highest BCUT2D eigenvalue weighted by Gasteiger charge is 2.02. The molecule has 0 aromatic carbocycles. The topological polar surface area (TPSA) is 45.2 Å². The van der Waals surface area contributed by atoms with E-state index in [1.54, 1.807) is 0 Å². The molecule has 0 amide bonds. The fourth-order valence-corrected chi connectivity index (χ4v) is 1.59. The lowest BCUT2D eigenvalue weighted by Crippen LogP contribution is -2.01. The van der Waals surface area contributed by atoms with Crippen LogP contribution >= 0.6 is 0 Å². The summed E-state index contributed by atoms with van der Waals surface area (Å²) in [5, 5.41) is 11.8. The van der Waals surface area contributed by atoms with E-state index in [4.69, 9.17) is 5.11 Å². The van der Waals surface area contributed by atoms with Gasteiger partial charge < -0.3 is 10.4 Å². The monoisotopic (exact) mass is 208 g/mol. The van der Waals surface area contributed by atoms with Crippen LogP contribution in [0, 0.1) is 0 Å². The molecule has 0 aliphatic carbocycles. The number of unbranched alkanes of at least 4 members (excludes halogenated alkanes) is 1. The van der Waals surface area contributed by atoms with Gasteiger partial charge in [0.1, 0.15) is 5.82 Å². The van der Waals surface area contributed by atoms with Crippen molar-refractivity contribution in [1.29, 1.82) is 0 Å². The minimum atomic E-state index is 0.270. The van der Waals surface area contributed by atoms with Gasteiger partial charge in [-0.25, -0.2) is 4.98 Å². The Hall–Kier alpha value is -1.09. The zero-order chi connectivity index (χ0) is 11.1. The summed E-state index contributed by atoms with van der Waals surface area (Å²) >= 11 is 0. The highest BCUT2D eigenvalue weighted by molar-refractivity contribution is 5.44. The molecule has 2 N–H and O–H groups in total. The van der Waals surface area contributed by atoms with Gasteiger partial charge in [-0.15, -0.1) is 0 Å². The zero-order valence-corrected chi connectivity index (χ0v) is 9.58. The summed E-state index contributed by atoms with van der Waals surface area (Å²) in [6.45, 7) is 2.40. The molecular weight excluding hydrogens is 188 g/mol. The highest BCUT2D eigenvalue weighted by atomic mass is 16.2. The van der Waals surface area contributed by atoms with E-state index in [1.165, 1.54) is 5.56 Å². The number of pyridine rings is 1. The highest BCUT2D eigenvalue weighted by Crippen LogP contribution is 2.14. The Bertz CT molecular complexity index is 300. The Morgan fingerprint density at radius 2 is 2.13 bits per heavy atom. The summed E-state index contributed by atoms with van der Waals surface area (Å²) in [6, 6.07) is 4.21. The first-order valence-corrected chi connectivity index (χ1v) is 5.59. The minimum absolute atomic E-state index is 0.270. The van der Waals surface area contributed by atoms with Crippen molar-refractivity contribution in [3.63, 3.8) is 0 Å². The van der Waals surface area contributed by atoms with Crippen LogP contribution in [0.2, 0.25) is 0 Å². The van der Waals surface area contributed by atoms with Gasteiger partial charge in [-0.1, -0.05) is 13.0 Å². The van der Waals surface area contributed by atoms with E-state index in [2.05, 4.69) is 29.4 Å². The molecule has 0 aliphatic heterocycles. The number of rotatable bonds is 6. The third kappa shape index (κ3) is 3.51. The van der Waals surface area contributed by atoms with E-state index < -0.39 is 0 Å². The molecule has 0 aliphatic rings. The lowest BCUT2D eigenvalue weighted by molar-refractivity contribution is 0.284. The van der Waals surface area contributed by atoms with Crippen molar-refractivity contribution in [2.45, 2.75) is 32.6 Å². The summed E-state index contributed by atoms with van der Waals surface area (Å²) in [6.07, 6.45) is 3.80. The van der Waals surface area contributed by atoms with Gasteiger partial charge in [0.2, 0.25) is 0 Å². The number of hydrogen-bond acceptors (Lipinski definition) is 3. The third-order valence-corrected chi connectivity index (χ3v) is 2.50. The summed E-state index contributed by atoms with van der Waals surface area (Å²) < 4.78 is 0. The summed E-state index contributed by atoms with van der Waals surface area (Å²) in [4.78, 5) is 4.54. The SMILES string of the molecule is CCc1ccc(CCCCO)nc1NC. The second-order valence-electron chi connectivity index (χ2n) is 3.59. The Kier molecular flexibility index (Phi) is 5.12. The van der Waals surface area contributed by atoms with E-state index >= 15 is 0 Å². The van der Waals surface area contributed by atoms with Crippen molar-refractivity contribution in [2.75, 3.05) is 19.0 Å². The predicted molar refractivity (Wildman–Crippen MR) is 63.2 cm³/mol. The molecular formula is C12H20N2O. The molecule has 0 radical (unpaired) electrons. The minimum Gasteiger partial charge on any atom is -0.396 e. The third-order valence-electron chi connectivity index (χ3n) is 2.50. The van der Waals surface area contributed by atoms with E-state index in [1.807, 2.05) is 7.05 Å². The molecule has 84 valence electrons. The first kappa shape index (κ1) is 12.0.